The molecule has 0 atom stereocenters. The van der Waals surface area contributed by atoms with Crippen LogP contribution in [-0.2, 0) is 6.54 Å². The number of benzene rings is 3. The Morgan fingerprint density at radius 2 is 1.52 bits per heavy atom. The van der Waals surface area contributed by atoms with Gasteiger partial charge in [-0.1, -0.05) is 48.5 Å². The van der Waals surface area contributed by atoms with Crippen LogP contribution < -0.4 is 15.0 Å². The molecule has 0 unspecified atom stereocenters. The molecule has 0 saturated heterocycles. The van der Waals surface area contributed by atoms with Crippen molar-refractivity contribution in [1.82, 2.24) is 5.32 Å². The summed E-state index contributed by atoms with van der Waals surface area (Å²) in [5, 5.41) is 3.18. The van der Waals surface area contributed by atoms with E-state index in [-0.39, 0.29) is 5.91 Å². The molecule has 136 valence electrons. The maximum atomic E-state index is 12.6. The van der Waals surface area contributed by atoms with Crippen molar-refractivity contribution in [2.75, 3.05) is 12.0 Å². The zero-order chi connectivity index (χ0) is 19.1. The molecular formula is C22H20N2O2S. The number of ether oxygens (including phenoxy) is 1. The number of carbonyl (C=O) groups is 1. The first-order valence-corrected chi connectivity index (χ1v) is 8.94. The van der Waals surface area contributed by atoms with Gasteiger partial charge in [0.1, 0.15) is 5.75 Å². The van der Waals surface area contributed by atoms with Crippen LogP contribution in [0.25, 0.3) is 0 Å². The molecule has 4 nitrogen and oxygen atoms in total. The van der Waals surface area contributed by atoms with Crippen LogP contribution in [-0.4, -0.2) is 18.1 Å². The summed E-state index contributed by atoms with van der Waals surface area (Å²) in [4.78, 5) is 14.5. The van der Waals surface area contributed by atoms with Crippen LogP contribution in [0, 0.1) is 0 Å². The molecule has 0 radical (unpaired) electrons. The summed E-state index contributed by atoms with van der Waals surface area (Å²) in [5.41, 5.74) is 2.54. The third kappa shape index (κ3) is 4.92. The van der Waals surface area contributed by atoms with E-state index < -0.39 is 0 Å². The van der Waals surface area contributed by atoms with Gasteiger partial charge in [-0.15, -0.1) is 0 Å². The Morgan fingerprint density at radius 1 is 0.926 bits per heavy atom. The number of anilines is 1. The molecule has 0 fully saturated rings. The van der Waals surface area contributed by atoms with Gasteiger partial charge in [0, 0.05) is 11.3 Å². The molecule has 0 aliphatic carbocycles. The highest BCUT2D eigenvalue weighted by Gasteiger charge is 2.16. The average Bonchev–Trinajstić information content (AvgIpc) is 2.73. The third-order valence-electron chi connectivity index (χ3n) is 4.07. The van der Waals surface area contributed by atoms with Crippen molar-refractivity contribution in [3.05, 3.63) is 96.1 Å². The molecule has 0 heterocycles. The van der Waals surface area contributed by atoms with Gasteiger partial charge in [0.2, 0.25) is 0 Å². The van der Waals surface area contributed by atoms with Gasteiger partial charge in [-0.05, 0) is 54.2 Å². The fourth-order valence-corrected chi connectivity index (χ4v) is 2.90. The monoisotopic (exact) mass is 376 g/mol. The number of nitrogens with one attached hydrogen (secondary N) is 1. The first kappa shape index (κ1) is 18.6. The number of rotatable bonds is 5. The Bertz CT molecular complexity index is 897. The van der Waals surface area contributed by atoms with Crippen molar-refractivity contribution in [2.45, 2.75) is 6.54 Å². The molecule has 3 aromatic carbocycles. The second kappa shape index (κ2) is 8.96. The first-order chi connectivity index (χ1) is 13.2. The van der Waals surface area contributed by atoms with Gasteiger partial charge in [-0.2, -0.15) is 0 Å². The van der Waals surface area contributed by atoms with Gasteiger partial charge in [0.25, 0.3) is 5.91 Å². The minimum Gasteiger partial charge on any atom is -0.497 e. The zero-order valence-corrected chi connectivity index (χ0v) is 15.8. The number of hydrogen-bond acceptors (Lipinski definition) is 3. The highest BCUT2D eigenvalue weighted by Crippen LogP contribution is 2.18. The SMILES string of the molecule is COc1ccc(C(=O)NC(=S)N(Cc2ccccc2)c2ccccc2)cc1. The van der Waals surface area contributed by atoms with Crippen LogP contribution in [0.15, 0.2) is 84.9 Å². The van der Waals surface area contributed by atoms with Crippen molar-refractivity contribution in [3.63, 3.8) is 0 Å². The van der Waals surface area contributed by atoms with Crippen LogP contribution in [0.5, 0.6) is 5.75 Å². The van der Waals surface area contributed by atoms with Gasteiger partial charge in [0.05, 0.1) is 13.7 Å². The molecule has 0 aliphatic rings. The normalized spacial score (nSPS) is 10.1. The largest absolute Gasteiger partial charge is 0.497 e. The van der Waals surface area contributed by atoms with Crippen molar-refractivity contribution >= 4 is 28.9 Å². The van der Waals surface area contributed by atoms with E-state index in [9.17, 15) is 4.79 Å². The molecule has 0 saturated carbocycles. The van der Waals surface area contributed by atoms with Crippen molar-refractivity contribution in [1.29, 1.82) is 0 Å². The molecule has 3 rings (SSSR count). The maximum Gasteiger partial charge on any atom is 0.257 e. The lowest BCUT2D eigenvalue weighted by Crippen LogP contribution is -2.42. The quantitative estimate of drug-likeness (QED) is 0.670. The second-order valence-corrected chi connectivity index (χ2v) is 6.28. The Hall–Kier alpha value is -3.18. The van der Waals surface area contributed by atoms with Gasteiger partial charge in [-0.25, -0.2) is 0 Å². The Kier molecular flexibility index (Phi) is 6.18. The van der Waals surface area contributed by atoms with Gasteiger partial charge < -0.3 is 9.64 Å². The fraction of sp³-hybridized carbons (Fsp3) is 0.0909. The summed E-state index contributed by atoms with van der Waals surface area (Å²) < 4.78 is 5.13. The average molecular weight is 376 g/mol. The predicted octanol–water partition coefficient (Wildman–Crippen LogP) is 4.42. The molecule has 0 aliphatic heterocycles. The number of thiocarbonyl (C=S) groups is 1. The fourth-order valence-electron chi connectivity index (χ4n) is 2.63. The second-order valence-electron chi connectivity index (χ2n) is 5.90. The van der Waals surface area contributed by atoms with Crippen LogP contribution in [0.1, 0.15) is 15.9 Å². The summed E-state index contributed by atoms with van der Waals surface area (Å²) in [5.74, 6) is 0.445. The van der Waals surface area contributed by atoms with E-state index in [0.29, 0.717) is 23.0 Å². The lowest BCUT2D eigenvalue weighted by Gasteiger charge is -2.25. The summed E-state index contributed by atoms with van der Waals surface area (Å²) in [6.45, 7) is 0.562. The highest BCUT2D eigenvalue weighted by molar-refractivity contribution is 7.80. The van der Waals surface area contributed by atoms with Gasteiger partial charge in [0.15, 0.2) is 5.11 Å². The van der Waals surface area contributed by atoms with E-state index in [1.54, 1.807) is 31.4 Å². The topological polar surface area (TPSA) is 41.6 Å². The van der Waals surface area contributed by atoms with E-state index in [0.717, 1.165) is 11.3 Å². The Labute approximate surface area is 164 Å². The van der Waals surface area contributed by atoms with Crippen LogP contribution in [0.2, 0.25) is 0 Å². The van der Waals surface area contributed by atoms with E-state index in [1.807, 2.05) is 65.6 Å². The summed E-state index contributed by atoms with van der Waals surface area (Å²) in [6, 6.07) is 26.7. The third-order valence-corrected chi connectivity index (χ3v) is 4.39. The molecule has 1 N–H and O–H groups in total. The number of amides is 1. The van der Waals surface area contributed by atoms with Crippen molar-refractivity contribution in [3.8, 4) is 5.75 Å². The molecule has 3 aromatic rings. The van der Waals surface area contributed by atoms with Gasteiger partial charge in [-0.3, -0.25) is 10.1 Å². The number of nitrogens with zero attached hydrogens (tertiary/aromatic N) is 1. The minimum absolute atomic E-state index is 0.253. The zero-order valence-electron chi connectivity index (χ0n) is 15.0. The lowest BCUT2D eigenvalue weighted by atomic mass is 10.2. The Balaban J connectivity index is 1.78. The van der Waals surface area contributed by atoms with Crippen molar-refractivity contribution in [2.24, 2.45) is 0 Å². The molecule has 5 heteroatoms. The van der Waals surface area contributed by atoms with Gasteiger partial charge >= 0.3 is 0 Å². The molecule has 1 amide bonds. The predicted molar refractivity (Wildman–Crippen MR) is 112 cm³/mol. The summed E-state index contributed by atoms with van der Waals surface area (Å²) in [7, 11) is 1.59. The Morgan fingerprint density at radius 3 is 2.11 bits per heavy atom. The summed E-state index contributed by atoms with van der Waals surface area (Å²) >= 11 is 5.55. The van der Waals surface area contributed by atoms with Crippen molar-refractivity contribution < 1.29 is 9.53 Å². The van der Waals surface area contributed by atoms with E-state index >= 15 is 0 Å². The first-order valence-electron chi connectivity index (χ1n) is 8.53. The maximum absolute atomic E-state index is 12.6. The molecule has 27 heavy (non-hydrogen) atoms. The van der Waals surface area contributed by atoms with Crippen LogP contribution in [0.3, 0.4) is 0 Å². The molecule has 0 spiro atoms. The van der Waals surface area contributed by atoms with E-state index in [4.69, 9.17) is 17.0 Å². The molecule has 0 aromatic heterocycles. The van der Waals surface area contributed by atoms with E-state index in [1.165, 1.54) is 0 Å². The smallest absolute Gasteiger partial charge is 0.257 e. The van der Waals surface area contributed by atoms with Crippen LogP contribution in [0.4, 0.5) is 5.69 Å². The highest BCUT2D eigenvalue weighted by atomic mass is 32.1. The number of carbonyl (C=O) groups excluding carboxylic acids is 1. The molecular weight excluding hydrogens is 356 g/mol. The number of para-hydroxylation sites is 1. The summed E-state index contributed by atoms with van der Waals surface area (Å²) in [6.07, 6.45) is 0. The lowest BCUT2D eigenvalue weighted by molar-refractivity contribution is 0.0977. The molecule has 0 bridgehead atoms. The van der Waals surface area contributed by atoms with Crippen LogP contribution >= 0.6 is 12.2 Å². The minimum atomic E-state index is -0.253. The standard InChI is InChI=1S/C22H20N2O2S/c1-26-20-14-12-18(13-15-20)21(25)23-22(27)24(19-10-6-3-7-11-19)16-17-8-4-2-5-9-17/h2-15H,16H2,1H3,(H,23,25,27). The van der Waals surface area contributed by atoms with E-state index in [2.05, 4.69) is 5.32 Å². The number of hydrogen-bond donors (Lipinski definition) is 1. The number of methoxy groups -OCH3 is 1.